The van der Waals surface area contributed by atoms with E-state index in [1.807, 2.05) is 18.2 Å². The SMILES string of the molecule is COc1ccc2ncc(F)c(C[C@H](O)[C@H]3OC[C@H](NCc4ccc5c(c4)OCCO5)CO3)c2n1. The van der Waals surface area contributed by atoms with E-state index >= 15 is 0 Å². The van der Waals surface area contributed by atoms with Crippen LogP contribution in [0.15, 0.2) is 36.5 Å². The third kappa shape index (κ3) is 4.90. The molecule has 0 amide bonds. The van der Waals surface area contributed by atoms with Gasteiger partial charge in [-0.05, 0) is 23.8 Å². The summed E-state index contributed by atoms with van der Waals surface area (Å²) in [7, 11) is 1.48. The van der Waals surface area contributed by atoms with Crippen LogP contribution in [0.4, 0.5) is 4.39 Å². The summed E-state index contributed by atoms with van der Waals surface area (Å²) in [6.45, 7) is 2.39. The molecule has 9 nitrogen and oxygen atoms in total. The Hall–Kier alpha value is -3.05. The summed E-state index contributed by atoms with van der Waals surface area (Å²) >= 11 is 0. The number of ether oxygens (including phenoxy) is 5. The average molecular weight is 471 g/mol. The molecule has 0 spiro atoms. The Morgan fingerprint density at radius 1 is 1.15 bits per heavy atom. The van der Waals surface area contributed by atoms with Gasteiger partial charge >= 0.3 is 0 Å². The van der Waals surface area contributed by atoms with E-state index in [1.54, 1.807) is 12.1 Å². The lowest BCUT2D eigenvalue weighted by atomic mass is 10.1. The first-order chi connectivity index (χ1) is 16.6. The van der Waals surface area contributed by atoms with Gasteiger partial charge in [0.05, 0.1) is 43.6 Å². The van der Waals surface area contributed by atoms with Crippen molar-refractivity contribution in [3.05, 3.63) is 53.5 Å². The van der Waals surface area contributed by atoms with Crippen LogP contribution >= 0.6 is 0 Å². The van der Waals surface area contributed by atoms with Gasteiger partial charge in [-0.25, -0.2) is 9.37 Å². The predicted molar refractivity (Wildman–Crippen MR) is 120 cm³/mol. The van der Waals surface area contributed by atoms with Crippen LogP contribution in [0.3, 0.4) is 0 Å². The molecule has 1 atom stereocenters. The molecular weight excluding hydrogens is 445 g/mol. The predicted octanol–water partition coefficient (Wildman–Crippen LogP) is 1.98. The highest BCUT2D eigenvalue weighted by Gasteiger charge is 2.29. The number of pyridine rings is 2. The smallest absolute Gasteiger partial charge is 0.213 e. The minimum Gasteiger partial charge on any atom is -0.486 e. The Labute approximate surface area is 195 Å². The summed E-state index contributed by atoms with van der Waals surface area (Å²) in [5.74, 6) is 1.28. The minimum atomic E-state index is -1.08. The molecule has 2 N–H and O–H groups in total. The Bertz CT molecular complexity index is 1160. The van der Waals surface area contributed by atoms with E-state index < -0.39 is 18.2 Å². The van der Waals surface area contributed by atoms with Crippen molar-refractivity contribution in [1.29, 1.82) is 0 Å². The maximum absolute atomic E-state index is 14.5. The summed E-state index contributed by atoms with van der Waals surface area (Å²) < 4.78 is 42.3. The number of benzene rings is 1. The van der Waals surface area contributed by atoms with Gasteiger partial charge in [-0.15, -0.1) is 0 Å². The van der Waals surface area contributed by atoms with E-state index in [2.05, 4.69) is 15.3 Å². The van der Waals surface area contributed by atoms with Gasteiger partial charge in [0, 0.05) is 24.6 Å². The maximum Gasteiger partial charge on any atom is 0.213 e. The van der Waals surface area contributed by atoms with Crippen molar-refractivity contribution in [2.75, 3.05) is 33.5 Å². The van der Waals surface area contributed by atoms with Gasteiger partial charge in [0.25, 0.3) is 0 Å². The zero-order chi connectivity index (χ0) is 23.5. The zero-order valence-electron chi connectivity index (χ0n) is 18.7. The molecule has 5 rings (SSSR count). The summed E-state index contributed by atoms with van der Waals surface area (Å²) in [5.41, 5.74) is 2.14. The molecule has 1 aromatic carbocycles. The van der Waals surface area contributed by atoms with Crippen LogP contribution in [0, 0.1) is 5.82 Å². The Kier molecular flexibility index (Phi) is 6.73. The van der Waals surface area contributed by atoms with Crippen molar-refractivity contribution in [2.24, 2.45) is 0 Å². The summed E-state index contributed by atoms with van der Waals surface area (Å²) in [5, 5.41) is 14.1. The number of fused-ring (bicyclic) bond motifs is 2. The summed E-state index contributed by atoms with van der Waals surface area (Å²) in [4.78, 5) is 8.36. The normalized spacial score (nSPS) is 20.8. The number of aliphatic hydroxyl groups excluding tert-OH is 1. The molecule has 3 aromatic rings. The monoisotopic (exact) mass is 471 g/mol. The lowest BCUT2D eigenvalue weighted by Crippen LogP contribution is -2.48. The number of aromatic nitrogens is 2. The number of aliphatic hydroxyl groups is 1. The van der Waals surface area contributed by atoms with Gasteiger partial charge in [0.1, 0.15) is 25.1 Å². The lowest BCUT2D eigenvalue weighted by molar-refractivity contribution is -0.230. The molecule has 2 aliphatic rings. The number of nitrogens with one attached hydrogen (secondary N) is 1. The third-order valence-electron chi connectivity index (χ3n) is 5.80. The van der Waals surface area contributed by atoms with E-state index in [-0.39, 0.29) is 18.0 Å². The van der Waals surface area contributed by atoms with Gasteiger partial charge < -0.3 is 34.1 Å². The van der Waals surface area contributed by atoms with Gasteiger partial charge in [-0.1, -0.05) is 6.07 Å². The fraction of sp³-hybridized carbons (Fsp3) is 0.417. The molecule has 1 fully saturated rings. The maximum atomic E-state index is 14.5. The highest BCUT2D eigenvalue weighted by atomic mass is 19.1. The molecule has 0 radical (unpaired) electrons. The minimum absolute atomic E-state index is 0.0367. The van der Waals surface area contributed by atoms with Gasteiger partial charge in [-0.3, -0.25) is 4.98 Å². The number of methoxy groups -OCH3 is 1. The van der Waals surface area contributed by atoms with E-state index in [9.17, 15) is 9.50 Å². The second-order valence-corrected chi connectivity index (χ2v) is 8.17. The van der Waals surface area contributed by atoms with Gasteiger partial charge in [-0.2, -0.15) is 0 Å². The molecule has 0 unspecified atom stereocenters. The Morgan fingerprint density at radius 2 is 1.94 bits per heavy atom. The van der Waals surface area contributed by atoms with Crippen molar-refractivity contribution in [2.45, 2.75) is 31.4 Å². The number of rotatable bonds is 7. The topological polar surface area (TPSA) is 104 Å². The zero-order valence-corrected chi connectivity index (χ0v) is 18.7. The molecule has 1 saturated heterocycles. The number of hydrogen-bond acceptors (Lipinski definition) is 9. The molecule has 34 heavy (non-hydrogen) atoms. The van der Waals surface area contributed by atoms with Gasteiger partial charge in [0.2, 0.25) is 5.88 Å². The van der Waals surface area contributed by atoms with Crippen LogP contribution in [0.5, 0.6) is 17.4 Å². The quantitative estimate of drug-likeness (QED) is 0.535. The largest absolute Gasteiger partial charge is 0.486 e. The molecule has 0 saturated carbocycles. The van der Waals surface area contributed by atoms with Crippen LogP contribution < -0.4 is 19.5 Å². The second kappa shape index (κ2) is 10.1. The fourth-order valence-corrected chi connectivity index (χ4v) is 4.01. The van der Waals surface area contributed by atoms with Crippen LogP contribution in [-0.4, -0.2) is 67.0 Å². The number of hydrogen-bond donors (Lipinski definition) is 2. The molecule has 10 heteroatoms. The molecule has 180 valence electrons. The number of nitrogens with zero attached hydrogens (tertiary/aromatic N) is 2. The summed E-state index contributed by atoms with van der Waals surface area (Å²) in [6, 6.07) is 9.13. The number of halogens is 1. The molecule has 0 aliphatic carbocycles. The average Bonchev–Trinajstić information content (AvgIpc) is 2.89. The summed E-state index contributed by atoms with van der Waals surface area (Å²) in [6.07, 6.45) is -0.864. The van der Waals surface area contributed by atoms with E-state index in [1.165, 1.54) is 7.11 Å². The lowest BCUT2D eigenvalue weighted by Gasteiger charge is -2.32. The Balaban J connectivity index is 1.16. The standard InChI is InChI=1S/C24H26FN3O6/c1-30-22-5-3-18-23(28-22)16(17(25)11-27-18)9-19(29)24-33-12-15(13-34-24)26-10-14-2-4-20-21(8-14)32-7-6-31-20/h2-5,8,11,15,19,24,26,29H,6-7,9-10,12-13H2,1H3/t15-,19-,24-/m0/s1. The van der Waals surface area contributed by atoms with Gasteiger partial charge in [0.15, 0.2) is 17.8 Å². The van der Waals surface area contributed by atoms with Crippen molar-refractivity contribution < 1.29 is 33.2 Å². The van der Waals surface area contributed by atoms with E-state index in [0.29, 0.717) is 49.9 Å². The highest BCUT2D eigenvalue weighted by Crippen LogP contribution is 2.31. The first-order valence-corrected chi connectivity index (χ1v) is 11.1. The van der Waals surface area contributed by atoms with Crippen molar-refractivity contribution in [3.63, 3.8) is 0 Å². The first-order valence-electron chi connectivity index (χ1n) is 11.1. The molecule has 0 bridgehead atoms. The van der Waals surface area contributed by atoms with Crippen LogP contribution in [0.25, 0.3) is 11.0 Å². The van der Waals surface area contributed by atoms with Crippen LogP contribution in [-0.2, 0) is 22.4 Å². The first kappa shape index (κ1) is 22.7. The van der Waals surface area contributed by atoms with Crippen molar-refractivity contribution in [3.8, 4) is 17.4 Å². The molecule has 2 aromatic heterocycles. The Morgan fingerprint density at radius 3 is 2.74 bits per heavy atom. The third-order valence-corrected chi connectivity index (χ3v) is 5.80. The fourth-order valence-electron chi connectivity index (χ4n) is 4.01. The molecular formula is C24H26FN3O6. The van der Waals surface area contributed by atoms with Crippen molar-refractivity contribution in [1.82, 2.24) is 15.3 Å². The molecule has 4 heterocycles. The van der Waals surface area contributed by atoms with E-state index in [0.717, 1.165) is 23.3 Å². The van der Waals surface area contributed by atoms with Crippen LogP contribution in [0.2, 0.25) is 0 Å². The highest BCUT2D eigenvalue weighted by molar-refractivity contribution is 5.78. The second-order valence-electron chi connectivity index (χ2n) is 8.17. The molecule has 2 aliphatic heterocycles. The van der Waals surface area contributed by atoms with Crippen molar-refractivity contribution >= 4 is 11.0 Å². The van der Waals surface area contributed by atoms with Crippen LogP contribution in [0.1, 0.15) is 11.1 Å². The van der Waals surface area contributed by atoms with E-state index in [4.69, 9.17) is 23.7 Å².